The Bertz CT molecular complexity index is 684. The summed E-state index contributed by atoms with van der Waals surface area (Å²) in [5.74, 6) is 2.27. The summed E-state index contributed by atoms with van der Waals surface area (Å²) in [6.07, 6.45) is 3.41. The molecule has 1 fully saturated rings. The number of hydrogen-bond donors (Lipinski definition) is 1. The Balaban J connectivity index is 1.65. The zero-order valence-corrected chi connectivity index (χ0v) is 13.9. The number of anilines is 3. The van der Waals surface area contributed by atoms with Gasteiger partial charge in [-0.05, 0) is 12.1 Å². The van der Waals surface area contributed by atoms with Crippen LogP contribution in [0.3, 0.4) is 0 Å². The Morgan fingerprint density at radius 1 is 1.21 bits per heavy atom. The molecule has 0 saturated carbocycles. The average Bonchev–Trinajstić information content (AvgIpc) is 2.66. The van der Waals surface area contributed by atoms with Crippen LogP contribution in [-0.4, -0.2) is 55.0 Å². The quantitative estimate of drug-likeness (QED) is 0.812. The van der Waals surface area contributed by atoms with Gasteiger partial charge in [-0.2, -0.15) is 10.1 Å². The van der Waals surface area contributed by atoms with Gasteiger partial charge in [0.25, 0.3) is 0 Å². The van der Waals surface area contributed by atoms with Gasteiger partial charge in [0.15, 0.2) is 5.82 Å². The second-order valence-electron chi connectivity index (χ2n) is 5.46. The fourth-order valence-electron chi connectivity index (χ4n) is 2.73. The molecular formula is C17H22N6O. The first-order chi connectivity index (χ1) is 11.8. The van der Waals surface area contributed by atoms with Crippen LogP contribution < -0.4 is 19.9 Å². The molecule has 1 aromatic heterocycles. The van der Waals surface area contributed by atoms with Crippen molar-refractivity contribution in [3.63, 3.8) is 0 Å². The minimum atomic E-state index is 0.652. The third kappa shape index (κ3) is 3.56. The summed E-state index contributed by atoms with van der Waals surface area (Å²) in [6, 6.07) is 8.10. The Labute approximate surface area is 142 Å². The molecule has 126 valence electrons. The molecule has 1 aliphatic rings. The van der Waals surface area contributed by atoms with Crippen LogP contribution in [0.1, 0.15) is 0 Å². The summed E-state index contributed by atoms with van der Waals surface area (Å²) in [7, 11) is 1.70. The van der Waals surface area contributed by atoms with Gasteiger partial charge in [0.1, 0.15) is 5.75 Å². The number of nitrogens with one attached hydrogen (secondary N) is 1. The van der Waals surface area contributed by atoms with Crippen LogP contribution in [-0.2, 0) is 0 Å². The number of methoxy groups -OCH3 is 1. The number of ether oxygens (including phenoxy) is 1. The Morgan fingerprint density at radius 3 is 2.71 bits per heavy atom. The van der Waals surface area contributed by atoms with Crippen LogP contribution in [0.5, 0.6) is 5.75 Å². The molecule has 0 amide bonds. The summed E-state index contributed by atoms with van der Waals surface area (Å²) in [5, 5.41) is 11.3. The number of nitrogens with zero attached hydrogens (tertiary/aromatic N) is 5. The number of hydrogen-bond acceptors (Lipinski definition) is 7. The summed E-state index contributed by atoms with van der Waals surface area (Å²) < 4.78 is 5.46. The molecule has 1 N–H and O–H groups in total. The smallest absolute Gasteiger partial charge is 0.247 e. The molecule has 0 spiro atoms. The summed E-state index contributed by atoms with van der Waals surface area (Å²) in [5.41, 5.74) is 1.13. The van der Waals surface area contributed by atoms with Gasteiger partial charge in [-0.15, -0.1) is 11.7 Å². The molecule has 2 heterocycles. The van der Waals surface area contributed by atoms with E-state index in [4.69, 9.17) is 4.74 Å². The molecule has 0 unspecified atom stereocenters. The van der Waals surface area contributed by atoms with Crippen molar-refractivity contribution in [1.82, 2.24) is 15.2 Å². The lowest BCUT2D eigenvalue weighted by Gasteiger charge is -2.36. The molecule has 7 heteroatoms. The van der Waals surface area contributed by atoms with Crippen LogP contribution in [0.2, 0.25) is 0 Å². The summed E-state index contributed by atoms with van der Waals surface area (Å²) in [4.78, 5) is 8.99. The Kier molecular flexibility index (Phi) is 5.10. The molecule has 0 bridgehead atoms. The van der Waals surface area contributed by atoms with E-state index < -0.39 is 0 Å². The second kappa shape index (κ2) is 7.63. The zero-order chi connectivity index (χ0) is 16.8. The van der Waals surface area contributed by atoms with Crippen LogP contribution >= 0.6 is 0 Å². The Hall–Kier alpha value is -2.83. The van der Waals surface area contributed by atoms with E-state index in [0.717, 1.165) is 37.6 Å². The van der Waals surface area contributed by atoms with Gasteiger partial charge in [0.2, 0.25) is 5.95 Å². The predicted octanol–water partition coefficient (Wildman–Crippen LogP) is 1.80. The molecule has 24 heavy (non-hydrogen) atoms. The maximum atomic E-state index is 5.46. The fraction of sp³-hybridized carbons (Fsp3) is 0.353. The van der Waals surface area contributed by atoms with Gasteiger partial charge in [-0.1, -0.05) is 18.2 Å². The number of aromatic nitrogens is 3. The monoisotopic (exact) mass is 326 g/mol. The molecule has 2 aromatic rings. The molecular weight excluding hydrogens is 304 g/mol. The molecule has 3 rings (SSSR count). The third-order valence-electron chi connectivity index (χ3n) is 3.96. The van der Waals surface area contributed by atoms with Gasteiger partial charge >= 0.3 is 0 Å². The van der Waals surface area contributed by atoms with E-state index in [1.54, 1.807) is 19.4 Å². The highest BCUT2D eigenvalue weighted by atomic mass is 16.5. The third-order valence-corrected chi connectivity index (χ3v) is 3.96. The van der Waals surface area contributed by atoms with Gasteiger partial charge < -0.3 is 19.9 Å². The van der Waals surface area contributed by atoms with Crippen LogP contribution in [0.15, 0.2) is 43.1 Å². The van der Waals surface area contributed by atoms with E-state index in [1.807, 2.05) is 18.2 Å². The van der Waals surface area contributed by atoms with Crippen molar-refractivity contribution >= 4 is 17.5 Å². The van der Waals surface area contributed by atoms with Crippen molar-refractivity contribution in [3.8, 4) is 5.75 Å². The van der Waals surface area contributed by atoms with E-state index in [2.05, 4.69) is 42.9 Å². The maximum absolute atomic E-state index is 5.46. The minimum absolute atomic E-state index is 0.652. The highest BCUT2D eigenvalue weighted by Gasteiger charge is 2.21. The summed E-state index contributed by atoms with van der Waals surface area (Å²) in [6.45, 7) is 7.78. The number of para-hydroxylation sites is 2. The maximum Gasteiger partial charge on any atom is 0.247 e. The molecule has 1 saturated heterocycles. The van der Waals surface area contributed by atoms with E-state index >= 15 is 0 Å². The SMILES string of the molecule is C=CCNc1cnnc(N2CCN(c3ccccc3OC)CC2)n1. The van der Waals surface area contributed by atoms with Gasteiger partial charge in [-0.3, -0.25) is 0 Å². The topological polar surface area (TPSA) is 66.4 Å². The minimum Gasteiger partial charge on any atom is -0.495 e. The zero-order valence-electron chi connectivity index (χ0n) is 13.9. The van der Waals surface area contributed by atoms with Crippen molar-refractivity contribution in [2.75, 3.05) is 55.0 Å². The van der Waals surface area contributed by atoms with E-state index in [1.165, 1.54) is 0 Å². The van der Waals surface area contributed by atoms with Gasteiger partial charge in [0, 0.05) is 32.7 Å². The predicted molar refractivity (Wildman–Crippen MR) is 95.9 cm³/mol. The van der Waals surface area contributed by atoms with E-state index in [0.29, 0.717) is 18.3 Å². The highest BCUT2D eigenvalue weighted by molar-refractivity contribution is 5.59. The fourth-order valence-corrected chi connectivity index (χ4v) is 2.73. The molecule has 0 radical (unpaired) electrons. The lowest BCUT2D eigenvalue weighted by Crippen LogP contribution is -2.47. The second-order valence-corrected chi connectivity index (χ2v) is 5.46. The molecule has 0 atom stereocenters. The standard InChI is InChI=1S/C17H22N6O/c1-3-8-18-16-13-19-21-17(20-16)23-11-9-22(10-12-23)14-6-4-5-7-15(14)24-2/h3-7,13H,1,8-12H2,2H3,(H,18,20,21). The van der Waals surface area contributed by atoms with E-state index in [-0.39, 0.29) is 0 Å². The van der Waals surface area contributed by atoms with Crippen molar-refractivity contribution in [3.05, 3.63) is 43.1 Å². The molecule has 1 aromatic carbocycles. The summed E-state index contributed by atoms with van der Waals surface area (Å²) >= 11 is 0. The lowest BCUT2D eigenvalue weighted by atomic mass is 10.2. The van der Waals surface area contributed by atoms with Crippen molar-refractivity contribution in [2.24, 2.45) is 0 Å². The lowest BCUT2D eigenvalue weighted by molar-refractivity contribution is 0.413. The number of benzene rings is 1. The number of piperazine rings is 1. The van der Waals surface area contributed by atoms with E-state index in [9.17, 15) is 0 Å². The van der Waals surface area contributed by atoms with Crippen molar-refractivity contribution in [2.45, 2.75) is 0 Å². The Morgan fingerprint density at radius 2 is 1.96 bits per heavy atom. The van der Waals surface area contributed by atoms with Crippen LogP contribution in [0.4, 0.5) is 17.5 Å². The molecule has 7 nitrogen and oxygen atoms in total. The average molecular weight is 326 g/mol. The first-order valence-corrected chi connectivity index (χ1v) is 7.99. The molecule has 1 aliphatic heterocycles. The largest absolute Gasteiger partial charge is 0.495 e. The van der Waals surface area contributed by atoms with Crippen LogP contribution in [0, 0.1) is 0 Å². The highest BCUT2D eigenvalue weighted by Crippen LogP contribution is 2.28. The van der Waals surface area contributed by atoms with Gasteiger partial charge in [0.05, 0.1) is 19.0 Å². The first kappa shape index (κ1) is 16.0. The van der Waals surface area contributed by atoms with Crippen molar-refractivity contribution in [1.29, 1.82) is 0 Å². The van der Waals surface area contributed by atoms with Crippen LogP contribution in [0.25, 0.3) is 0 Å². The number of rotatable bonds is 6. The molecule has 0 aliphatic carbocycles. The first-order valence-electron chi connectivity index (χ1n) is 7.99. The van der Waals surface area contributed by atoms with Gasteiger partial charge in [-0.25, -0.2) is 0 Å². The normalized spacial score (nSPS) is 14.4. The van der Waals surface area contributed by atoms with Crippen molar-refractivity contribution < 1.29 is 4.74 Å².